The molecule has 32 heavy (non-hydrogen) atoms. The van der Waals surface area contributed by atoms with Gasteiger partial charge in [0.2, 0.25) is 0 Å². The molecule has 0 saturated carbocycles. The second-order valence-corrected chi connectivity index (χ2v) is 8.38. The van der Waals surface area contributed by atoms with Crippen molar-refractivity contribution in [2.24, 2.45) is 0 Å². The quantitative estimate of drug-likeness (QED) is 0.437. The molecule has 3 heterocycles. The molecule has 0 aliphatic heterocycles. The van der Waals surface area contributed by atoms with Crippen LogP contribution in [0.4, 0.5) is 4.39 Å². The standard InChI is InChI=1S/C21H23ClFN7O.ClH/c1-11(2)26-21(31)13-9-24-20-18(13)27-15(10-25-20)19-17-14(23)7-12(22)8-16(17)30(28-19)6-5-29(3)4;/h7-11H,5-6H2,1-4H3,(H,24,25)(H,26,31);1H. The number of rotatable bonds is 6. The summed E-state index contributed by atoms with van der Waals surface area (Å²) in [5, 5.41) is 8.09. The fraction of sp³-hybridized carbons (Fsp3) is 0.333. The third-order valence-corrected chi connectivity index (χ3v) is 5.03. The lowest BCUT2D eigenvalue weighted by Crippen LogP contribution is -2.29. The van der Waals surface area contributed by atoms with Gasteiger partial charge in [0.15, 0.2) is 5.65 Å². The van der Waals surface area contributed by atoms with Crippen LogP contribution in [-0.4, -0.2) is 62.2 Å². The number of halogens is 3. The second kappa shape index (κ2) is 9.40. The number of benzene rings is 1. The summed E-state index contributed by atoms with van der Waals surface area (Å²) in [5.74, 6) is -0.741. The van der Waals surface area contributed by atoms with Gasteiger partial charge in [-0.2, -0.15) is 5.10 Å². The number of H-pyrrole nitrogens is 1. The molecule has 0 fully saturated rings. The van der Waals surface area contributed by atoms with Crippen molar-refractivity contribution in [3.63, 3.8) is 0 Å². The molecule has 0 bridgehead atoms. The molecular weight excluding hydrogens is 456 g/mol. The molecule has 2 N–H and O–H groups in total. The van der Waals surface area contributed by atoms with Gasteiger partial charge < -0.3 is 15.2 Å². The van der Waals surface area contributed by atoms with Crippen molar-refractivity contribution in [3.05, 3.63) is 40.9 Å². The molecule has 0 saturated heterocycles. The lowest BCUT2D eigenvalue weighted by atomic mass is 10.1. The highest BCUT2D eigenvalue weighted by molar-refractivity contribution is 6.31. The Morgan fingerprint density at radius 1 is 1.34 bits per heavy atom. The van der Waals surface area contributed by atoms with E-state index in [1.807, 2.05) is 32.8 Å². The number of amides is 1. The molecule has 4 aromatic rings. The van der Waals surface area contributed by atoms with Gasteiger partial charge >= 0.3 is 0 Å². The average molecular weight is 480 g/mol. The first-order valence-corrected chi connectivity index (χ1v) is 10.3. The summed E-state index contributed by atoms with van der Waals surface area (Å²) in [7, 11) is 3.91. The SMILES string of the molecule is CC(C)NC(=O)c1c[nH]c2ncc(-c3nn(CCN(C)C)c4cc(Cl)cc(F)c34)nc12.Cl. The molecule has 4 rings (SSSR count). The van der Waals surface area contributed by atoms with Gasteiger partial charge in [0, 0.05) is 23.8 Å². The number of nitrogens with one attached hydrogen (secondary N) is 2. The molecule has 0 spiro atoms. The number of carbonyl (C=O) groups is 1. The largest absolute Gasteiger partial charge is 0.350 e. The minimum Gasteiger partial charge on any atom is -0.350 e. The Morgan fingerprint density at radius 3 is 2.78 bits per heavy atom. The molecular formula is C21H24Cl2FN7O. The van der Waals surface area contributed by atoms with Crippen LogP contribution in [0.25, 0.3) is 33.5 Å². The summed E-state index contributed by atoms with van der Waals surface area (Å²) in [6.45, 7) is 5.02. The number of nitrogens with zero attached hydrogens (tertiary/aromatic N) is 5. The van der Waals surface area contributed by atoms with E-state index in [1.54, 1.807) is 16.9 Å². The Kier molecular flexibility index (Phi) is 7.02. The molecule has 3 aromatic heterocycles. The van der Waals surface area contributed by atoms with E-state index in [1.165, 1.54) is 12.3 Å². The van der Waals surface area contributed by atoms with Crippen molar-refractivity contribution >= 4 is 52.0 Å². The fourth-order valence-electron chi connectivity index (χ4n) is 3.39. The van der Waals surface area contributed by atoms with Crippen LogP contribution in [0.15, 0.2) is 24.5 Å². The van der Waals surface area contributed by atoms with Crippen LogP contribution in [0.2, 0.25) is 5.02 Å². The molecule has 170 valence electrons. The number of aromatic nitrogens is 5. The lowest BCUT2D eigenvalue weighted by Gasteiger charge is -2.10. The first kappa shape index (κ1) is 23.9. The first-order valence-electron chi connectivity index (χ1n) is 9.90. The van der Waals surface area contributed by atoms with Crippen molar-refractivity contribution < 1.29 is 9.18 Å². The topological polar surface area (TPSA) is 91.7 Å². The Hall–Kier alpha value is -2.75. The summed E-state index contributed by atoms with van der Waals surface area (Å²) in [5.41, 5.74) is 2.56. The van der Waals surface area contributed by atoms with E-state index in [-0.39, 0.29) is 24.4 Å². The van der Waals surface area contributed by atoms with Gasteiger partial charge in [-0.15, -0.1) is 12.4 Å². The van der Waals surface area contributed by atoms with E-state index in [0.717, 1.165) is 0 Å². The number of carbonyl (C=O) groups excluding carboxylic acids is 1. The Labute approximate surface area is 195 Å². The van der Waals surface area contributed by atoms with Gasteiger partial charge in [-0.25, -0.2) is 14.4 Å². The van der Waals surface area contributed by atoms with Crippen molar-refractivity contribution in [1.82, 2.24) is 34.9 Å². The zero-order chi connectivity index (χ0) is 22.3. The molecule has 8 nitrogen and oxygen atoms in total. The van der Waals surface area contributed by atoms with Gasteiger partial charge in [0.1, 0.15) is 22.7 Å². The summed E-state index contributed by atoms with van der Waals surface area (Å²) in [4.78, 5) is 26.5. The first-order chi connectivity index (χ1) is 14.7. The summed E-state index contributed by atoms with van der Waals surface area (Å²) < 4.78 is 16.7. The highest BCUT2D eigenvalue weighted by Crippen LogP contribution is 2.32. The molecule has 0 atom stereocenters. The molecule has 0 aliphatic rings. The maximum Gasteiger partial charge on any atom is 0.255 e. The second-order valence-electron chi connectivity index (χ2n) is 7.94. The molecule has 0 unspecified atom stereocenters. The van der Waals surface area contributed by atoms with Crippen LogP contribution in [0.1, 0.15) is 24.2 Å². The Bertz CT molecular complexity index is 1280. The molecule has 1 aromatic carbocycles. The number of fused-ring (bicyclic) bond motifs is 2. The van der Waals surface area contributed by atoms with E-state index in [4.69, 9.17) is 11.6 Å². The van der Waals surface area contributed by atoms with E-state index in [0.29, 0.717) is 57.1 Å². The highest BCUT2D eigenvalue weighted by Gasteiger charge is 2.21. The summed E-state index contributed by atoms with van der Waals surface area (Å²) >= 11 is 6.11. The highest BCUT2D eigenvalue weighted by atomic mass is 35.5. The maximum atomic E-state index is 14.9. The molecule has 11 heteroatoms. The van der Waals surface area contributed by atoms with Crippen LogP contribution in [0, 0.1) is 5.82 Å². The average Bonchev–Trinajstić information content (AvgIpc) is 3.26. The number of hydrogen-bond acceptors (Lipinski definition) is 5. The van der Waals surface area contributed by atoms with Crippen molar-refractivity contribution in [2.45, 2.75) is 26.4 Å². The third-order valence-electron chi connectivity index (χ3n) is 4.82. The Morgan fingerprint density at radius 2 is 2.09 bits per heavy atom. The van der Waals surface area contributed by atoms with Gasteiger partial charge in [0.25, 0.3) is 5.91 Å². The van der Waals surface area contributed by atoms with Crippen LogP contribution < -0.4 is 5.32 Å². The summed E-state index contributed by atoms with van der Waals surface area (Å²) in [6.07, 6.45) is 3.09. The van der Waals surface area contributed by atoms with Crippen molar-refractivity contribution in [1.29, 1.82) is 0 Å². The zero-order valence-electron chi connectivity index (χ0n) is 18.1. The van der Waals surface area contributed by atoms with E-state index in [2.05, 4.69) is 25.4 Å². The number of hydrogen-bond donors (Lipinski definition) is 2. The smallest absolute Gasteiger partial charge is 0.255 e. The normalized spacial score (nSPS) is 11.5. The minimum absolute atomic E-state index is 0. The third kappa shape index (κ3) is 4.55. The molecule has 1 amide bonds. The Balaban J connectivity index is 0.00000289. The predicted molar refractivity (Wildman–Crippen MR) is 126 cm³/mol. The van der Waals surface area contributed by atoms with E-state index >= 15 is 0 Å². The lowest BCUT2D eigenvalue weighted by molar-refractivity contribution is 0.0944. The molecule has 0 aliphatic carbocycles. The fourth-order valence-corrected chi connectivity index (χ4v) is 3.58. The van der Waals surface area contributed by atoms with E-state index in [9.17, 15) is 9.18 Å². The van der Waals surface area contributed by atoms with Crippen LogP contribution in [0.3, 0.4) is 0 Å². The summed E-state index contributed by atoms with van der Waals surface area (Å²) in [6, 6.07) is 2.93. The monoisotopic (exact) mass is 479 g/mol. The van der Waals surface area contributed by atoms with Gasteiger partial charge in [-0.05, 0) is 40.1 Å². The van der Waals surface area contributed by atoms with Gasteiger partial charge in [0.05, 0.1) is 29.2 Å². The van der Waals surface area contributed by atoms with Gasteiger partial charge in [-0.1, -0.05) is 11.6 Å². The molecule has 0 radical (unpaired) electrons. The van der Waals surface area contributed by atoms with Gasteiger partial charge in [-0.3, -0.25) is 9.48 Å². The zero-order valence-corrected chi connectivity index (χ0v) is 19.7. The minimum atomic E-state index is -0.484. The van der Waals surface area contributed by atoms with Crippen LogP contribution in [0.5, 0.6) is 0 Å². The van der Waals surface area contributed by atoms with Crippen LogP contribution >= 0.6 is 24.0 Å². The van der Waals surface area contributed by atoms with Crippen molar-refractivity contribution in [2.75, 3.05) is 20.6 Å². The van der Waals surface area contributed by atoms with Crippen LogP contribution in [-0.2, 0) is 6.54 Å². The number of aromatic amines is 1. The maximum absolute atomic E-state index is 14.9. The van der Waals surface area contributed by atoms with Crippen molar-refractivity contribution in [3.8, 4) is 11.4 Å². The predicted octanol–water partition coefficient (Wildman–Crippen LogP) is 3.89. The number of likely N-dealkylation sites (N-methyl/N-ethyl adjacent to an activating group) is 1. The van der Waals surface area contributed by atoms with E-state index < -0.39 is 5.82 Å².